The summed E-state index contributed by atoms with van der Waals surface area (Å²) in [5, 5.41) is 3.29. The van der Waals surface area contributed by atoms with Gasteiger partial charge in [0.25, 0.3) is 0 Å². The largest absolute Gasteiger partial charge is 0.468 e. The predicted octanol–water partition coefficient (Wildman–Crippen LogP) is 3.77. The van der Waals surface area contributed by atoms with Crippen molar-refractivity contribution < 1.29 is 32.6 Å². The lowest BCUT2D eigenvalue weighted by Gasteiger charge is -2.21. The fourth-order valence-electron chi connectivity index (χ4n) is 3.28. The van der Waals surface area contributed by atoms with Crippen LogP contribution in [-0.4, -0.2) is 50.6 Å². The summed E-state index contributed by atoms with van der Waals surface area (Å²) in [6.07, 6.45) is -1.58. The summed E-state index contributed by atoms with van der Waals surface area (Å²) in [5.74, 6) is -1.00. The highest BCUT2D eigenvalue weighted by Gasteiger charge is 2.37. The van der Waals surface area contributed by atoms with E-state index in [9.17, 15) is 18.4 Å². The molecular weight excluding hydrogens is 420 g/mol. The smallest absolute Gasteiger partial charge is 0.334 e. The van der Waals surface area contributed by atoms with Crippen molar-refractivity contribution in [3.05, 3.63) is 41.1 Å². The number of carbonyl (C=O) groups is 2. The third-order valence-corrected chi connectivity index (χ3v) is 5.04. The maximum atomic E-state index is 13.5. The van der Waals surface area contributed by atoms with E-state index in [-0.39, 0.29) is 44.1 Å². The van der Waals surface area contributed by atoms with E-state index in [1.165, 1.54) is 7.11 Å². The summed E-state index contributed by atoms with van der Waals surface area (Å²) in [5.41, 5.74) is 0. The Morgan fingerprint density at radius 3 is 2.53 bits per heavy atom. The number of halogens is 3. The van der Waals surface area contributed by atoms with Gasteiger partial charge >= 0.3 is 11.9 Å². The lowest BCUT2D eigenvalue weighted by Crippen LogP contribution is -2.40. The van der Waals surface area contributed by atoms with E-state index in [2.05, 4.69) is 5.32 Å². The van der Waals surface area contributed by atoms with Crippen LogP contribution in [0, 0.1) is 5.92 Å². The number of benzene rings is 1. The van der Waals surface area contributed by atoms with Crippen molar-refractivity contribution in [3.63, 3.8) is 0 Å². The minimum absolute atomic E-state index is 0.0331. The zero-order valence-corrected chi connectivity index (χ0v) is 17.7. The number of para-hydroxylation sites is 1. The molecule has 6 nitrogen and oxygen atoms in total. The van der Waals surface area contributed by atoms with E-state index in [0.29, 0.717) is 10.8 Å². The molecule has 0 bridgehead atoms. The summed E-state index contributed by atoms with van der Waals surface area (Å²) in [4.78, 5) is 24.1. The standard InChI is InChI=1S/C21H26ClF2NO5/c1-3-29-20(26)11-14(30-19-7-5-4-6-15(19)22)12-25-18(21(27)28-2)10-13-8-16(23)17(24)9-13/h4-7,11,13,16-18,25H,3,8-10,12H2,1-2H3/b14-11+/t13-,16-,17+,18?. The minimum atomic E-state index is -1.52. The number of hydrogen-bond acceptors (Lipinski definition) is 6. The molecule has 1 saturated carbocycles. The van der Waals surface area contributed by atoms with Crippen LogP contribution in [0.25, 0.3) is 0 Å². The molecule has 0 amide bonds. The first-order valence-electron chi connectivity index (χ1n) is 9.73. The topological polar surface area (TPSA) is 73.9 Å². The van der Waals surface area contributed by atoms with Crippen LogP contribution >= 0.6 is 11.6 Å². The van der Waals surface area contributed by atoms with Crippen LogP contribution in [-0.2, 0) is 19.1 Å². The molecule has 1 fully saturated rings. The highest BCUT2D eigenvalue weighted by atomic mass is 35.5. The molecule has 4 atom stereocenters. The summed E-state index contributed by atoms with van der Waals surface area (Å²) in [7, 11) is 1.23. The van der Waals surface area contributed by atoms with Gasteiger partial charge in [0.15, 0.2) is 0 Å². The van der Waals surface area contributed by atoms with Gasteiger partial charge in [-0.2, -0.15) is 0 Å². The van der Waals surface area contributed by atoms with Gasteiger partial charge in [0.2, 0.25) is 0 Å². The van der Waals surface area contributed by atoms with E-state index in [0.717, 1.165) is 6.08 Å². The Labute approximate surface area is 179 Å². The van der Waals surface area contributed by atoms with Crippen LogP contribution in [0.15, 0.2) is 36.1 Å². The molecule has 1 N–H and O–H groups in total. The van der Waals surface area contributed by atoms with Crippen LogP contribution in [0.4, 0.5) is 8.78 Å². The van der Waals surface area contributed by atoms with E-state index in [1.54, 1.807) is 31.2 Å². The molecule has 1 aliphatic carbocycles. The average molecular weight is 446 g/mol. The number of nitrogens with one attached hydrogen (secondary N) is 1. The molecule has 30 heavy (non-hydrogen) atoms. The van der Waals surface area contributed by atoms with Gasteiger partial charge < -0.3 is 14.2 Å². The molecule has 0 heterocycles. The second-order valence-electron chi connectivity index (χ2n) is 6.96. The second kappa shape index (κ2) is 11.9. The lowest BCUT2D eigenvalue weighted by molar-refractivity contribution is -0.143. The molecule has 1 aromatic carbocycles. The maximum absolute atomic E-state index is 13.5. The van der Waals surface area contributed by atoms with Crippen LogP contribution in [0.1, 0.15) is 26.2 Å². The van der Waals surface area contributed by atoms with Gasteiger partial charge in [0.05, 0.1) is 31.4 Å². The molecule has 1 aromatic rings. The molecular formula is C21H26ClF2NO5. The SMILES string of the molecule is CCOC(=O)/C=C(\CNC(C[C@@H]1C[C@@H](F)[C@@H](F)C1)C(=O)OC)Oc1ccccc1Cl. The summed E-state index contributed by atoms with van der Waals surface area (Å²) < 4.78 is 42.5. The fraction of sp³-hybridized carbons (Fsp3) is 0.524. The molecule has 0 saturated heterocycles. The van der Waals surface area contributed by atoms with Gasteiger partial charge in [-0.25, -0.2) is 13.6 Å². The first-order valence-corrected chi connectivity index (χ1v) is 10.1. The van der Waals surface area contributed by atoms with Crippen LogP contribution < -0.4 is 10.1 Å². The molecule has 0 aromatic heterocycles. The van der Waals surface area contributed by atoms with Crippen molar-refractivity contribution in [2.75, 3.05) is 20.3 Å². The molecule has 0 spiro atoms. The predicted molar refractivity (Wildman–Crippen MR) is 108 cm³/mol. The van der Waals surface area contributed by atoms with E-state index in [1.807, 2.05) is 0 Å². The van der Waals surface area contributed by atoms with Gasteiger partial charge in [-0.05, 0) is 44.2 Å². The fourth-order valence-corrected chi connectivity index (χ4v) is 3.46. The monoisotopic (exact) mass is 445 g/mol. The highest BCUT2D eigenvalue weighted by Crippen LogP contribution is 2.34. The Balaban J connectivity index is 2.10. The third kappa shape index (κ3) is 7.25. The van der Waals surface area contributed by atoms with Gasteiger partial charge in [0.1, 0.15) is 29.9 Å². The van der Waals surface area contributed by atoms with Gasteiger partial charge in [0, 0.05) is 0 Å². The molecule has 1 unspecified atom stereocenters. The Kier molecular flexibility index (Phi) is 9.52. The van der Waals surface area contributed by atoms with E-state index >= 15 is 0 Å². The summed E-state index contributed by atoms with van der Waals surface area (Å²) >= 11 is 6.11. The maximum Gasteiger partial charge on any atom is 0.334 e. The van der Waals surface area contributed by atoms with Gasteiger partial charge in [-0.3, -0.25) is 10.1 Å². The van der Waals surface area contributed by atoms with E-state index in [4.69, 9.17) is 25.8 Å². The summed E-state index contributed by atoms with van der Waals surface area (Å²) in [6, 6.07) is 5.88. The Bertz CT molecular complexity index is 751. The highest BCUT2D eigenvalue weighted by molar-refractivity contribution is 6.32. The number of carbonyl (C=O) groups excluding carboxylic acids is 2. The Morgan fingerprint density at radius 1 is 1.27 bits per heavy atom. The molecule has 9 heteroatoms. The molecule has 1 aliphatic rings. The number of alkyl halides is 2. The number of rotatable bonds is 10. The number of methoxy groups -OCH3 is 1. The van der Waals surface area contributed by atoms with Crippen molar-refractivity contribution in [1.29, 1.82) is 0 Å². The normalized spacial score (nSPS) is 22.4. The second-order valence-corrected chi connectivity index (χ2v) is 7.36. The van der Waals surface area contributed by atoms with E-state index < -0.39 is 30.3 Å². The van der Waals surface area contributed by atoms with Crippen LogP contribution in [0.5, 0.6) is 5.75 Å². The Morgan fingerprint density at radius 2 is 1.93 bits per heavy atom. The van der Waals surface area contributed by atoms with Crippen molar-refractivity contribution >= 4 is 23.5 Å². The molecule has 0 aliphatic heterocycles. The molecule has 2 rings (SSSR count). The molecule has 166 valence electrons. The first-order chi connectivity index (χ1) is 14.3. The van der Waals surface area contributed by atoms with Crippen molar-refractivity contribution in [2.45, 2.75) is 44.6 Å². The number of ether oxygens (including phenoxy) is 3. The van der Waals surface area contributed by atoms with Crippen LogP contribution in [0.2, 0.25) is 5.02 Å². The first kappa shape index (κ1) is 24.1. The quantitative estimate of drug-likeness (QED) is 0.336. The minimum Gasteiger partial charge on any atom is -0.468 e. The third-order valence-electron chi connectivity index (χ3n) is 4.73. The molecule has 0 radical (unpaired) electrons. The Hall–Kier alpha value is -2.19. The van der Waals surface area contributed by atoms with Crippen molar-refractivity contribution in [3.8, 4) is 5.75 Å². The van der Waals surface area contributed by atoms with Gasteiger partial charge in [-0.15, -0.1) is 0 Å². The van der Waals surface area contributed by atoms with Crippen molar-refractivity contribution in [2.24, 2.45) is 5.92 Å². The summed E-state index contributed by atoms with van der Waals surface area (Å²) in [6.45, 7) is 1.82. The number of hydrogen-bond donors (Lipinski definition) is 1. The number of esters is 2. The van der Waals surface area contributed by atoms with Gasteiger partial charge in [-0.1, -0.05) is 23.7 Å². The van der Waals surface area contributed by atoms with Crippen LogP contribution in [0.3, 0.4) is 0 Å². The zero-order chi connectivity index (χ0) is 22.1. The lowest BCUT2D eigenvalue weighted by atomic mass is 9.98. The van der Waals surface area contributed by atoms with Crippen molar-refractivity contribution in [1.82, 2.24) is 5.32 Å². The average Bonchev–Trinajstić information content (AvgIpc) is 3.03. The zero-order valence-electron chi connectivity index (χ0n) is 16.9.